The Morgan fingerprint density at radius 3 is 0.911 bits per heavy atom. The van der Waals surface area contributed by atoms with Crippen molar-refractivity contribution in [3.8, 4) is 68.2 Å². The summed E-state index contributed by atoms with van der Waals surface area (Å²) < 4.78 is 29.4. The Bertz CT molecular complexity index is 4650. The van der Waals surface area contributed by atoms with Crippen LogP contribution in [0, 0.1) is 0 Å². The predicted octanol–water partition coefficient (Wildman–Crippen LogP) is 23.7. The van der Waals surface area contributed by atoms with Crippen molar-refractivity contribution >= 4 is 160 Å². The molecular weight excluding hydrogens is 1300 g/mol. The van der Waals surface area contributed by atoms with Crippen molar-refractivity contribution in [2.45, 2.75) is 79.1 Å². The third-order valence-electron chi connectivity index (χ3n) is 16.6. The van der Waals surface area contributed by atoms with Gasteiger partial charge in [0, 0.05) is 98.6 Å². The first-order valence-corrected chi connectivity index (χ1v) is 31.9. The van der Waals surface area contributed by atoms with Crippen LogP contribution < -0.4 is 29.6 Å². The quantitative estimate of drug-likeness (QED) is 0.0626. The van der Waals surface area contributed by atoms with Gasteiger partial charge in [-0.25, -0.2) is 0 Å². The topological polar surface area (TPSA) is 129 Å². The number of halogens is 8. The predicted molar refractivity (Wildman–Crippen MR) is 365 cm³/mol. The van der Waals surface area contributed by atoms with Crippen LogP contribution in [0.2, 0.25) is 40.2 Å². The van der Waals surface area contributed by atoms with Gasteiger partial charge in [0.15, 0.2) is 0 Å². The van der Waals surface area contributed by atoms with Crippen molar-refractivity contribution in [1.82, 2.24) is 10.6 Å². The summed E-state index contributed by atoms with van der Waals surface area (Å²) in [5.74, 6) is -3.71. The van der Waals surface area contributed by atoms with E-state index in [1.54, 1.807) is 60.7 Å². The first-order chi connectivity index (χ1) is 42.9. The molecule has 0 saturated heterocycles. The summed E-state index contributed by atoms with van der Waals surface area (Å²) >= 11 is 56.1. The molecule has 11 aromatic rings. The van der Waals surface area contributed by atoms with E-state index in [0.717, 1.165) is 22.3 Å². The van der Waals surface area contributed by atoms with Crippen LogP contribution in [0.25, 0.3) is 65.3 Å². The van der Waals surface area contributed by atoms with Gasteiger partial charge in [-0.05, 0) is 118 Å². The molecule has 4 amide bonds. The molecule has 452 valence electrons. The van der Waals surface area contributed by atoms with Crippen LogP contribution in [-0.4, -0.2) is 23.6 Å². The van der Waals surface area contributed by atoms with Crippen molar-refractivity contribution < 1.29 is 38.1 Å². The second kappa shape index (κ2) is 23.3. The maximum absolute atomic E-state index is 16.3. The van der Waals surface area contributed by atoms with E-state index in [1.807, 2.05) is 36.4 Å². The van der Waals surface area contributed by atoms with Gasteiger partial charge in [0.1, 0.15) is 46.0 Å². The Labute approximate surface area is 557 Å². The molecule has 0 radical (unpaired) electrons. The van der Waals surface area contributed by atoms with E-state index in [4.69, 9.17) is 112 Å². The van der Waals surface area contributed by atoms with Gasteiger partial charge in [0.2, 0.25) is 0 Å². The van der Waals surface area contributed by atoms with Crippen LogP contribution in [0.4, 0.5) is 0 Å². The first-order valence-electron chi connectivity index (χ1n) is 28.8. The van der Waals surface area contributed by atoms with Gasteiger partial charge >= 0.3 is 0 Å². The monoisotopic (exact) mass is 1350 g/mol. The van der Waals surface area contributed by atoms with Gasteiger partial charge in [-0.2, -0.15) is 0 Å². The highest BCUT2D eigenvalue weighted by Crippen LogP contribution is 2.64. The second-order valence-corrected chi connectivity index (χ2v) is 26.9. The maximum atomic E-state index is 16.3. The molecule has 0 saturated carbocycles. The van der Waals surface area contributed by atoms with Crippen molar-refractivity contribution in [2.75, 3.05) is 0 Å². The van der Waals surface area contributed by atoms with Crippen LogP contribution in [0.3, 0.4) is 0 Å². The van der Waals surface area contributed by atoms with Crippen LogP contribution in [0.1, 0.15) is 143 Å². The fraction of sp³-hybridized carbons (Fsp3) is 0.167. The fourth-order valence-electron chi connectivity index (χ4n) is 12.7. The molecule has 0 fully saturated rings. The zero-order chi connectivity index (χ0) is 63.8. The number of ether oxygens (including phenoxy) is 4. The minimum absolute atomic E-state index is 0.00524. The Hall–Kier alpha value is -7.48. The van der Waals surface area contributed by atoms with Crippen molar-refractivity contribution in [1.29, 1.82) is 0 Å². The molecule has 0 spiro atoms. The number of carbonyl (C=O) groups excluding carboxylic acids is 4. The van der Waals surface area contributed by atoms with Crippen molar-refractivity contribution in [3.63, 3.8) is 0 Å². The normalized spacial score (nSPS) is 13.1. The minimum Gasteiger partial charge on any atom is -0.455 e. The number of carbonyl (C=O) groups is 4. The zero-order valence-electron chi connectivity index (χ0n) is 49.1. The van der Waals surface area contributed by atoms with E-state index in [-0.39, 0.29) is 186 Å². The highest BCUT2D eigenvalue weighted by Gasteiger charge is 2.44. The standard InChI is InChI=1S/C72H50Cl8N2O8/c1-29(2)37-11-9-12-38(30(3)4)53(37)61-65-60-59-63(67(61)89-49-25-35(75)17-21-45(49)79)56-51(87-47-23-33(73)15-19-43(47)77)27-41-55-42(70(84)81-69(41)83)28-52(88-48-24-34(74)16-20-44(48)78)57(58(55)56)64(59)68(90-50-26-36(76)18-22-46(50)80)62(66(60)72(86)82-71(65)85)54-39(31(5)6)13-10-14-40(54)32(7)8/h9-32H,1-8H3,(H,81,83,84)(H,82,85,86). The Morgan fingerprint density at radius 2 is 0.589 bits per heavy atom. The summed E-state index contributed by atoms with van der Waals surface area (Å²) in [5, 5.41) is 8.26. The molecule has 10 nitrogen and oxygen atoms in total. The van der Waals surface area contributed by atoms with Gasteiger partial charge in [0.05, 0.1) is 42.3 Å². The van der Waals surface area contributed by atoms with Crippen molar-refractivity contribution in [2.24, 2.45) is 0 Å². The molecule has 0 aromatic heterocycles. The molecule has 11 aromatic carbocycles. The molecule has 13 rings (SSSR count). The molecule has 0 unspecified atom stereocenters. The molecule has 0 aliphatic carbocycles. The number of amides is 4. The van der Waals surface area contributed by atoms with Gasteiger partial charge < -0.3 is 18.9 Å². The number of hydrogen-bond donors (Lipinski definition) is 2. The van der Waals surface area contributed by atoms with Crippen LogP contribution in [-0.2, 0) is 0 Å². The lowest BCUT2D eigenvalue weighted by molar-refractivity contribution is 0.0828. The minimum atomic E-state index is -0.775. The lowest BCUT2D eigenvalue weighted by Gasteiger charge is -2.33. The van der Waals surface area contributed by atoms with Crippen LogP contribution in [0.5, 0.6) is 46.0 Å². The summed E-state index contributed by atoms with van der Waals surface area (Å²) in [4.78, 5) is 62.5. The molecule has 2 heterocycles. The van der Waals surface area contributed by atoms with Crippen LogP contribution in [0.15, 0.2) is 121 Å². The smallest absolute Gasteiger partial charge is 0.259 e. The molecule has 2 aliphatic rings. The van der Waals surface area contributed by atoms with Crippen LogP contribution >= 0.6 is 92.8 Å². The molecule has 0 atom stereocenters. The third kappa shape index (κ3) is 10.1. The fourth-order valence-corrected chi connectivity index (χ4v) is 14.0. The third-order valence-corrected chi connectivity index (χ3v) is 18.8. The summed E-state index contributed by atoms with van der Waals surface area (Å²) in [6.45, 7) is 16.4. The zero-order valence-corrected chi connectivity index (χ0v) is 55.2. The van der Waals surface area contributed by atoms with E-state index in [2.05, 4.69) is 66.0 Å². The number of benzene rings is 11. The van der Waals surface area contributed by atoms with Crippen molar-refractivity contribution in [3.05, 3.63) is 206 Å². The summed E-state index contributed by atoms with van der Waals surface area (Å²) in [6, 6.07) is 33.8. The number of rotatable bonds is 14. The largest absolute Gasteiger partial charge is 0.455 e. The van der Waals surface area contributed by atoms with Gasteiger partial charge in [0.25, 0.3) is 23.6 Å². The number of fused-ring (bicyclic) bond motifs is 2. The number of hydrogen-bond acceptors (Lipinski definition) is 8. The Balaban J connectivity index is 1.47. The van der Waals surface area contributed by atoms with E-state index in [9.17, 15) is 9.59 Å². The second-order valence-electron chi connectivity index (χ2n) is 23.5. The summed E-state index contributed by atoms with van der Waals surface area (Å²) in [7, 11) is 0. The average Bonchev–Trinajstić information content (AvgIpc) is 0.664. The molecule has 18 heteroatoms. The number of nitrogens with one attached hydrogen (secondary N) is 2. The lowest BCUT2D eigenvalue weighted by Crippen LogP contribution is -2.36. The molecule has 2 N–H and O–H groups in total. The van der Waals surface area contributed by atoms with Gasteiger partial charge in [-0.1, -0.05) is 185 Å². The number of imide groups is 2. The molecule has 0 bridgehead atoms. The average molecular weight is 1350 g/mol. The van der Waals surface area contributed by atoms with E-state index in [1.165, 1.54) is 24.3 Å². The van der Waals surface area contributed by atoms with E-state index < -0.39 is 23.6 Å². The van der Waals surface area contributed by atoms with Gasteiger partial charge in [-0.15, -0.1) is 0 Å². The molecule has 90 heavy (non-hydrogen) atoms. The lowest BCUT2D eigenvalue weighted by atomic mass is 9.73. The summed E-state index contributed by atoms with van der Waals surface area (Å²) in [5.41, 5.74) is 5.05. The molecule has 2 aliphatic heterocycles. The summed E-state index contributed by atoms with van der Waals surface area (Å²) in [6.07, 6.45) is 0. The Kier molecular flexibility index (Phi) is 15.9. The highest BCUT2D eigenvalue weighted by atomic mass is 35.5. The molecular formula is C72H50Cl8N2O8. The maximum Gasteiger partial charge on any atom is 0.259 e. The first kappa shape index (κ1) is 61.4. The van der Waals surface area contributed by atoms with E-state index in [0.29, 0.717) is 11.1 Å². The SMILES string of the molecule is CC(C)c1cccc(C(C)C)c1-c1c2c3c(c(-c4c(C(C)C)cccc4C(C)C)c(Oc4cc(Cl)ccc4Cl)c4c5c(Oc6cc(Cl)ccc6Cl)cc6c7c(cc(Oc8cc(Cl)ccc8Cl)c(c(c1Oc1cc(Cl)ccc1Cl)c34)c75)C(=O)NC6=O)C(=O)NC2=O. The highest BCUT2D eigenvalue weighted by molar-refractivity contribution is 6.48. The van der Waals surface area contributed by atoms with Gasteiger partial charge in [-0.3, -0.25) is 29.8 Å². The Morgan fingerprint density at radius 1 is 0.289 bits per heavy atom. The van der Waals surface area contributed by atoms with E-state index >= 15 is 9.59 Å².